The molecule has 1 aliphatic heterocycles. The second-order valence-electron chi connectivity index (χ2n) is 6.83. The van der Waals surface area contributed by atoms with Gasteiger partial charge in [0.1, 0.15) is 5.25 Å². The van der Waals surface area contributed by atoms with E-state index in [1.165, 1.54) is 17.8 Å². The monoisotopic (exact) mass is 390 g/mol. The van der Waals surface area contributed by atoms with Crippen molar-refractivity contribution in [3.05, 3.63) is 65.7 Å². The molecular weight excluding hydrogens is 366 g/mol. The number of thioether (sulfide) groups is 1. The minimum atomic E-state index is -0.897. The molecule has 3 nitrogen and oxygen atoms in total. The Labute approximate surface area is 163 Å². The Hall–Kier alpha value is -1.92. The van der Waals surface area contributed by atoms with Gasteiger partial charge in [-0.2, -0.15) is 0 Å². The van der Waals surface area contributed by atoms with Crippen molar-refractivity contribution in [2.45, 2.75) is 23.0 Å². The number of hydrogen-bond donors (Lipinski definition) is 1. The molecule has 3 rings (SSSR count). The van der Waals surface area contributed by atoms with Gasteiger partial charge < -0.3 is 10.2 Å². The van der Waals surface area contributed by atoms with E-state index in [9.17, 15) is 13.6 Å². The van der Waals surface area contributed by atoms with Crippen molar-refractivity contribution in [3.8, 4) is 0 Å². The molecule has 2 unspecified atom stereocenters. The molecule has 2 aromatic rings. The highest BCUT2D eigenvalue weighted by atomic mass is 32.2. The smallest absolute Gasteiger partial charge is 0.240 e. The quantitative estimate of drug-likeness (QED) is 0.748. The van der Waals surface area contributed by atoms with E-state index < -0.39 is 16.9 Å². The van der Waals surface area contributed by atoms with E-state index in [1.54, 1.807) is 0 Å². The van der Waals surface area contributed by atoms with Crippen molar-refractivity contribution in [1.82, 2.24) is 10.2 Å². The fourth-order valence-electron chi connectivity index (χ4n) is 3.46. The highest BCUT2D eigenvalue weighted by molar-refractivity contribution is 8.00. The summed E-state index contributed by atoms with van der Waals surface area (Å²) < 4.78 is 26.9. The second-order valence-corrected chi connectivity index (χ2v) is 8.01. The summed E-state index contributed by atoms with van der Waals surface area (Å²) >= 11 is 1.27. The van der Waals surface area contributed by atoms with Gasteiger partial charge in [-0.15, -0.1) is 11.8 Å². The maximum atomic E-state index is 13.6. The molecule has 1 heterocycles. The Balaban J connectivity index is 1.83. The number of amides is 1. The molecule has 0 saturated carbocycles. The van der Waals surface area contributed by atoms with Crippen molar-refractivity contribution < 1.29 is 13.6 Å². The number of piperidine rings is 1. The van der Waals surface area contributed by atoms with Crippen molar-refractivity contribution in [2.75, 3.05) is 26.7 Å². The molecule has 1 saturated heterocycles. The van der Waals surface area contributed by atoms with Crippen molar-refractivity contribution >= 4 is 17.7 Å². The molecule has 1 aliphatic rings. The number of hydrogen-bond acceptors (Lipinski definition) is 3. The first-order chi connectivity index (χ1) is 13.1. The third kappa shape index (κ3) is 5.08. The van der Waals surface area contributed by atoms with Gasteiger partial charge in [0, 0.05) is 18.0 Å². The molecule has 1 fully saturated rings. The van der Waals surface area contributed by atoms with Crippen LogP contribution in [0.3, 0.4) is 0 Å². The summed E-state index contributed by atoms with van der Waals surface area (Å²) in [5, 5.41) is 2.71. The molecular formula is C21H24F2N2OS. The lowest BCUT2D eigenvalue weighted by Gasteiger charge is -2.35. The van der Waals surface area contributed by atoms with Crippen LogP contribution in [0, 0.1) is 17.6 Å². The number of carbonyl (C=O) groups excluding carboxylic acids is 1. The number of rotatable bonds is 6. The number of benzene rings is 2. The van der Waals surface area contributed by atoms with E-state index in [1.807, 2.05) is 42.3 Å². The number of nitrogens with one attached hydrogen (secondary N) is 1. The molecule has 0 bridgehead atoms. The third-order valence-corrected chi connectivity index (χ3v) is 6.03. The van der Waals surface area contributed by atoms with Gasteiger partial charge >= 0.3 is 0 Å². The zero-order valence-electron chi connectivity index (χ0n) is 15.3. The summed E-state index contributed by atoms with van der Waals surface area (Å²) in [5.74, 6) is -1.31. The number of likely N-dealkylation sites (tertiary alicyclic amines) is 1. The van der Waals surface area contributed by atoms with E-state index in [0.29, 0.717) is 10.8 Å². The first kappa shape index (κ1) is 19.8. The minimum Gasteiger partial charge on any atom is -0.341 e. The number of nitrogens with zero attached hydrogens (tertiary/aromatic N) is 1. The van der Waals surface area contributed by atoms with E-state index >= 15 is 0 Å². The standard InChI is InChI=1S/C21H24F2N2OS/c1-24-13-15-6-5-11-25(14-15)21(26)20(16-7-3-2-4-8-16)27-17-9-10-18(22)19(23)12-17/h2-4,7-10,12,15,20,24H,5-6,11,13-14H2,1H3. The van der Waals surface area contributed by atoms with Gasteiger partial charge in [-0.1, -0.05) is 30.3 Å². The van der Waals surface area contributed by atoms with Crippen LogP contribution in [0.5, 0.6) is 0 Å². The van der Waals surface area contributed by atoms with Crippen LogP contribution in [-0.2, 0) is 4.79 Å². The lowest BCUT2D eigenvalue weighted by molar-refractivity contribution is -0.132. The normalized spacial score (nSPS) is 18.3. The largest absolute Gasteiger partial charge is 0.341 e. The molecule has 0 aliphatic carbocycles. The zero-order chi connectivity index (χ0) is 19.2. The molecule has 2 atom stereocenters. The predicted molar refractivity (Wildman–Crippen MR) is 105 cm³/mol. The van der Waals surface area contributed by atoms with Crippen LogP contribution >= 0.6 is 11.8 Å². The molecule has 27 heavy (non-hydrogen) atoms. The summed E-state index contributed by atoms with van der Waals surface area (Å²) in [6.07, 6.45) is 2.09. The Morgan fingerprint density at radius 3 is 2.70 bits per heavy atom. The van der Waals surface area contributed by atoms with E-state index in [0.717, 1.165) is 50.2 Å². The Morgan fingerprint density at radius 2 is 2.00 bits per heavy atom. The molecule has 1 N–H and O–H groups in total. The Kier molecular flexibility index (Phi) is 6.85. The minimum absolute atomic E-state index is 0.0248. The molecule has 2 aromatic carbocycles. The molecule has 144 valence electrons. The van der Waals surface area contributed by atoms with E-state index in [2.05, 4.69) is 5.32 Å². The Bertz CT molecular complexity index is 770. The van der Waals surface area contributed by atoms with Gasteiger partial charge in [0.15, 0.2) is 11.6 Å². The van der Waals surface area contributed by atoms with Crippen molar-refractivity contribution in [1.29, 1.82) is 0 Å². The van der Waals surface area contributed by atoms with Crippen LogP contribution in [0.2, 0.25) is 0 Å². The third-order valence-electron chi connectivity index (χ3n) is 4.80. The van der Waals surface area contributed by atoms with Gasteiger partial charge in [-0.05, 0) is 56.1 Å². The topological polar surface area (TPSA) is 32.3 Å². The summed E-state index contributed by atoms with van der Waals surface area (Å²) in [7, 11) is 1.92. The lowest BCUT2D eigenvalue weighted by atomic mass is 9.97. The molecule has 0 aromatic heterocycles. The first-order valence-electron chi connectivity index (χ1n) is 9.18. The maximum absolute atomic E-state index is 13.6. The number of carbonyl (C=O) groups is 1. The molecule has 6 heteroatoms. The van der Waals surface area contributed by atoms with Gasteiger partial charge in [-0.3, -0.25) is 4.79 Å². The average molecular weight is 390 g/mol. The van der Waals surface area contributed by atoms with E-state index in [4.69, 9.17) is 0 Å². The van der Waals surface area contributed by atoms with Crippen LogP contribution < -0.4 is 5.32 Å². The van der Waals surface area contributed by atoms with Crippen LogP contribution in [0.15, 0.2) is 53.4 Å². The second kappa shape index (κ2) is 9.33. The van der Waals surface area contributed by atoms with Crippen LogP contribution in [0.1, 0.15) is 23.7 Å². The predicted octanol–water partition coefficient (Wildman–Crippen LogP) is 4.26. The van der Waals surface area contributed by atoms with Gasteiger partial charge in [0.2, 0.25) is 5.91 Å². The molecule has 1 amide bonds. The van der Waals surface area contributed by atoms with E-state index in [-0.39, 0.29) is 5.91 Å². The van der Waals surface area contributed by atoms with Crippen molar-refractivity contribution in [3.63, 3.8) is 0 Å². The summed E-state index contributed by atoms with van der Waals surface area (Å²) in [6.45, 7) is 2.35. The molecule has 0 radical (unpaired) electrons. The SMILES string of the molecule is CNCC1CCCN(C(=O)C(Sc2ccc(F)c(F)c2)c2ccccc2)C1. The summed E-state index contributed by atoms with van der Waals surface area (Å²) in [6, 6.07) is 13.3. The molecule has 0 spiro atoms. The summed E-state index contributed by atoms with van der Waals surface area (Å²) in [5.41, 5.74) is 0.868. The first-order valence-corrected chi connectivity index (χ1v) is 10.1. The average Bonchev–Trinajstić information content (AvgIpc) is 2.69. The number of halogens is 2. The van der Waals surface area contributed by atoms with Crippen molar-refractivity contribution in [2.24, 2.45) is 5.92 Å². The highest BCUT2D eigenvalue weighted by Crippen LogP contribution is 2.38. The van der Waals surface area contributed by atoms with Gasteiger partial charge in [-0.25, -0.2) is 8.78 Å². The van der Waals surface area contributed by atoms with Crippen LogP contribution in [-0.4, -0.2) is 37.5 Å². The van der Waals surface area contributed by atoms with Crippen LogP contribution in [0.25, 0.3) is 0 Å². The maximum Gasteiger partial charge on any atom is 0.240 e. The van der Waals surface area contributed by atoms with Gasteiger partial charge in [0.25, 0.3) is 0 Å². The highest BCUT2D eigenvalue weighted by Gasteiger charge is 2.30. The zero-order valence-corrected chi connectivity index (χ0v) is 16.1. The lowest BCUT2D eigenvalue weighted by Crippen LogP contribution is -2.44. The fourth-order valence-corrected chi connectivity index (χ4v) is 4.59. The van der Waals surface area contributed by atoms with Crippen LogP contribution in [0.4, 0.5) is 8.78 Å². The fraction of sp³-hybridized carbons (Fsp3) is 0.381. The summed E-state index contributed by atoms with van der Waals surface area (Å²) in [4.78, 5) is 15.8. The Morgan fingerprint density at radius 1 is 1.22 bits per heavy atom. The van der Waals surface area contributed by atoms with Gasteiger partial charge in [0.05, 0.1) is 0 Å².